The molecule has 1 heterocycles. The van der Waals surface area contributed by atoms with Gasteiger partial charge in [-0.15, -0.1) is 0 Å². The number of rotatable bonds is 2. The van der Waals surface area contributed by atoms with Crippen LogP contribution >= 0.6 is 15.9 Å². The molecule has 30 heavy (non-hydrogen) atoms. The van der Waals surface area contributed by atoms with Crippen LogP contribution in [0.25, 0.3) is 45.1 Å². The summed E-state index contributed by atoms with van der Waals surface area (Å²) in [6.45, 7) is 0. The first-order valence-corrected chi connectivity index (χ1v) is 11.1. The van der Waals surface area contributed by atoms with Crippen LogP contribution in [0.15, 0.2) is 93.8 Å². The van der Waals surface area contributed by atoms with E-state index in [4.69, 9.17) is 4.42 Å². The van der Waals surface area contributed by atoms with Gasteiger partial charge in [-0.2, -0.15) is 0 Å². The van der Waals surface area contributed by atoms with Crippen molar-refractivity contribution in [2.45, 2.75) is 12.8 Å². The van der Waals surface area contributed by atoms with Crippen LogP contribution in [-0.2, 0) is 6.42 Å². The molecule has 3 aromatic carbocycles. The normalized spacial score (nSPS) is 13.4. The lowest BCUT2D eigenvalue weighted by Crippen LogP contribution is -1.99. The summed E-state index contributed by atoms with van der Waals surface area (Å²) in [5.41, 5.74) is 7.61. The van der Waals surface area contributed by atoms with E-state index in [9.17, 15) is 0 Å². The van der Waals surface area contributed by atoms with Crippen molar-refractivity contribution in [3.05, 3.63) is 106 Å². The molecule has 1 nitrogen and oxygen atoms in total. The molecular formula is C28H19BrO. The quantitative estimate of drug-likeness (QED) is 0.262. The molecule has 3 aliphatic rings. The molecular weight excluding hydrogens is 432 g/mol. The molecule has 144 valence electrons. The Morgan fingerprint density at radius 2 is 1.47 bits per heavy atom. The van der Waals surface area contributed by atoms with E-state index in [1.165, 1.54) is 38.6 Å². The van der Waals surface area contributed by atoms with Crippen molar-refractivity contribution in [2.75, 3.05) is 0 Å². The van der Waals surface area contributed by atoms with Crippen LogP contribution in [0, 0.1) is 0 Å². The van der Waals surface area contributed by atoms with Gasteiger partial charge in [0.25, 0.3) is 0 Å². The molecule has 0 unspecified atom stereocenters. The number of fused-ring (bicyclic) bond motifs is 4. The Kier molecular flexibility index (Phi) is 4.14. The molecule has 0 saturated carbocycles. The second kappa shape index (κ2) is 7.00. The van der Waals surface area contributed by atoms with Crippen LogP contribution in [-0.4, -0.2) is 0 Å². The van der Waals surface area contributed by atoms with Gasteiger partial charge in [-0.1, -0.05) is 82.7 Å². The van der Waals surface area contributed by atoms with Crippen LogP contribution in [0.1, 0.15) is 23.1 Å². The van der Waals surface area contributed by atoms with E-state index in [-0.39, 0.29) is 0 Å². The van der Waals surface area contributed by atoms with Crippen molar-refractivity contribution in [3.63, 3.8) is 0 Å². The van der Waals surface area contributed by atoms with E-state index in [1.807, 2.05) is 0 Å². The van der Waals surface area contributed by atoms with Gasteiger partial charge in [-0.05, 0) is 64.6 Å². The highest BCUT2D eigenvalue weighted by molar-refractivity contribution is 9.10. The Balaban J connectivity index is 1.61. The lowest BCUT2D eigenvalue weighted by molar-refractivity contribution is 0.582. The molecule has 0 fully saturated rings. The SMILES string of the molecule is Brc1ccc(-c2ccc3c4ccccc4c(C4=Cc5ccccc5CC4)c-3o2)cc1. The fraction of sp³-hybridized carbons (Fsp3) is 0.0714. The minimum absolute atomic E-state index is 0.892. The lowest BCUT2D eigenvalue weighted by Gasteiger charge is -2.17. The van der Waals surface area contributed by atoms with Gasteiger partial charge in [0.1, 0.15) is 11.5 Å². The third-order valence-corrected chi connectivity index (χ3v) is 6.60. The maximum absolute atomic E-state index is 6.59. The zero-order chi connectivity index (χ0) is 20.1. The summed E-state index contributed by atoms with van der Waals surface area (Å²) < 4.78 is 7.66. The fourth-order valence-electron chi connectivity index (χ4n) is 4.61. The highest BCUT2D eigenvalue weighted by Gasteiger charge is 2.24. The van der Waals surface area contributed by atoms with Gasteiger partial charge in [0.2, 0.25) is 0 Å². The van der Waals surface area contributed by atoms with Crippen molar-refractivity contribution in [1.82, 2.24) is 0 Å². The first kappa shape index (κ1) is 17.7. The van der Waals surface area contributed by atoms with E-state index in [0.717, 1.165) is 34.4 Å². The number of hydrogen-bond donors (Lipinski definition) is 0. The zero-order valence-electron chi connectivity index (χ0n) is 16.4. The van der Waals surface area contributed by atoms with E-state index in [1.54, 1.807) is 0 Å². The summed E-state index contributed by atoms with van der Waals surface area (Å²) in [6, 6.07) is 29.9. The second-order valence-electron chi connectivity index (χ2n) is 7.84. The minimum Gasteiger partial charge on any atom is -0.455 e. The average molecular weight is 451 g/mol. The molecule has 0 radical (unpaired) electrons. The number of allylic oxidation sites excluding steroid dienone is 1. The van der Waals surface area contributed by atoms with Gasteiger partial charge in [0.05, 0.1) is 0 Å². The molecule has 0 aromatic heterocycles. The summed E-state index contributed by atoms with van der Waals surface area (Å²) in [5, 5.41) is 2.53. The topological polar surface area (TPSA) is 13.1 Å². The largest absolute Gasteiger partial charge is 0.455 e. The van der Waals surface area contributed by atoms with Crippen LogP contribution in [0.2, 0.25) is 0 Å². The molecule has 6 rings (SSSR count). The maximum Gasteiger partial charge on any atom is 0.143 e. The van der Waals surface area contributed by atoms with Crippen molar-refractivity contribution in [1.29, 1.82) is 0 Å². The molecule has 2 heteroatoms. The van der Waals surface area contributed by atoms with Gasteiger partial charge in [-0.3, -0.25) is 0 Å². The Bertz CT molecular complexity index is 1390. The smallest absolute Gasteiger partial charge is 0.143 e. The summed E-state index contributed by atoms with van der Waals surface area (Å²) in [4.78, 5) is 0. The highest BCUT2D eigenvalue weighted by Crippen LogP contribution is 2.46. The van der Waals surface area contributed by atoms with Crippen molar-refractivity contribution in [3.8, 4) is 22.6 Å². The second-order valence-corrected chi connectivity index (χ2v) is 8.75. The van der Waals surface area contributed by atoms with Crippen LogP contribution < -0.4 is 0 Å². The van der Waals surface area contributed by atoms with Gasteiger partial charge in [0, 0.05) is 21.2 Å². The Morgan fingerprint density at radius 3 is 2.33 bits per heavy atom. The molecule has 2 aliphatic carbocycles. The number of hydrogen-bond acceptors (Lipinski definition) is 1. The van der Waals surface area contributed by atoms with Gasteiger partial charge in [-0.25, -0.2) is 0 Å². The molecule has 0 N–H and O–H groups in total. The molecule has 0 atom stereocenters. The van der Waals surface area contributed by atoms with Crippen LogP contribution in [0.3, 0.4) is 0 Å². The van der Waals surface area contributed by atoms with Gasteiger partial charge < -0.3 is 4.42 Å². The predicted octanol–water partition coefficient (Wildman–Crippen LogP) is 8.45. The first-order chi connectivity index (χ1) is 14.8. The van der Waals surface area contributed by atoms with E-state index < -0.39 is 0 Å². The summed E-state index contributed by atoms with van der Waals surface area (Å²) in [6.07, 6.45) is 4.44. The number of benzene rings is 3. The van der Waals surface area contributed by atoms with Gasteiger partial charge >= 0.3 is 0 Å². The van der Waals surface area contributed by atoms with E-state index >= 15 is 0 Å². The average Bonchev–Trinajstić information content (AvgIpc) is 3.13. The van der Waals surface area contributed by atoms with E-state index in [2.05, 4.69) is 107 Å². The minimum atomic E-state index is 0.892. The Morgan fingerprint density at radius 1 is 0.700 bits per heavy atom. The summed E-state index contributed by atoms with van der Waals surface area (Å²) >= 11 is 3.52. The lowest BCUT2D eigenvalue weighted by atomic mass is 9.88. The van der Waals surface area contributed by atoms with Crippen molar-refractivity contribution in [2.24, 2.45) is 0 Å². The van der Waals surface area contributed by atoms with Crippen molar-refractivity contribution < 1.29 is 4.42 Å². The molecule has 1 aliphatic heterocycles. The Labute approximate surface area is 184 Å². The van der Waals surface area contributed by atoms with Gasteiger partial charge in [0.15, 0.2) is 0 Å². The highest BCUT2D eigenvalue weighted by atomic mass is 79.9. The molecule has 3 aromatic rings. The fourth-order valence-corrected chi connectivity index (χ4v) is 4.87. The monoisotopic (exact) mass is 450 g/mol. The maximum atomic E-state index is 6.59. The summed E-state index contributed by atoms with van der Waals surface area (Å²) in [5.74, 6) is 1.88. The van der Waals surface area contributed by atoms with Crippen LogP contribution in [0.5, 0.6) is 0 Å². The zero-order valence-corrected chi connectivity index (χ0v) is 17.9. The molecule has 0 bridgehead atoms. The van der Waals surface area contributed by atoms with Crippen LogP contribution in [0.4, 0.5) is 0 Å². The van der Waals surface area contributed by atoms with Crippen molar-refractivity contribution >= 4 is 38.4 Å². The third-order valence-electron chi connectivity index (χ3n) is 6.07. The summed E-state index contributed by atoms with van der Waals surface area (Å²) in [7, 11) is 0. The number of halogens is 1. The van der Waals surface area contributed by atoms with E-state index in [0.29, 0.717) is 0 Å². The first-order valence-electron chi connectivity index (χ1n) is 10.3. The predicted molar refractivity (Wildman–Crippen MR) is 129 cm³/mol. The standard InChI is InChI=1S/C28H19BrO/c29-22-13-11-19(12-14-22)26-16-15-25-23-7-3-4-8-24(23)27(28(25)30-26)21-10-9-18-5-1-2-6-20(18)17-21/h1-8,11-17H,9-10H2. The molecule has 0 amide bonds. The Hall–Kier alpha value is -3.10. The molecule has 0 saturated heterocycles. The number of aryl methyl sites for hydroxylation is 1. The molecule has 0 spiro atoms. The third kappa shape index (κ3) is 2.83.